The second-order valence-electron chi connectivity index (χ2n) is 25.0. The second kappa shape index (κ2) is 46.0. The van der Waals surface area contributed by atoms with Gasteiger partial charge in [0.25, 0.3) is 11.8 Å². The predicted molar refractivity (Wildman–Crippen MR) is 446 cm³/mol. The summed E-state index contributed by atoms with van der Waals surface area (Å²) in [5.74, 6) is -0.126. The average Bonchev–Trinajstić information content (AvgIpc) is 0.842. The van der Waals surface area contributed by atoms with Gasteiger partial charge in [0, 0.05) is 129 Å². The molecular formula is C86H93Cl5N8O11. The maximum Gasteiger partial charge on any atom is 0.321 e. The smallest absolute Gasteiger partial charge is 0.321 e. The summed E-state index contributed by atoms with van der Waals surface area (Å²) in [6.45, 7) is 9.85. The van der Waals surface area contributed by atoms with Crippen molar-refractivity contribution in [3.8, 4) is 55.6 Å². The minimum atomic E-state index is -0.590. The van der Waals surface area contributed by atoms with Gasteiger partial charge in [-0.15, -0.1) is 0 Å². The highest BCUT2D eigenvalue weighted by atomic mass is 35.5. The van der Waals surface area contributed by atoms with Crippen LogP contribution in [0.4, 0.5) is 31.4 Å². The molecule has 10 aromatic carbocycles. The number of hydrogen-bond acceptors (Lipinski definition) is 11. The fourth-order valence-corrected chi connectivity index (χ4v) is 12.0. The number of benzene rings is 10. The summed E-state index contributed by atoms with van der Waals surface area (Å²) in [4.78, 5) is 62.2. The van der Waals surface area contributed by atoms with Crippen LogP contribution in [0.3, 0.4) is 0 Å². The highest BCUT2D eigenvalue weighted by Crippen LogP contribution is 2.34. The van der Waals surface area contributed by atoms with Gasteiger partial charge in [0.1, 0.15) is 0 Å². The SMILES string of the molecule is CCCNC(=O)c1ccc(-c2ccc(Cl)cc2)c(COC)c1.CCNC(=O)c1ccc(-c2ccc(Cl)cc2)c(COC)c1.COCc1cc(NC(=O)N(C)C)ccc1-c1ccc(Cl)cc1.COCc1cc(NC(=O)N2CCOCC2)ccc1-c1ccc(Cl)cc1.COCc1cc(NC(N)=O)ccc1-c1ccc(Cl)cc1. The predicted octanol–water partition coefficient (Wildman–Crippen LogP) is 20.1. The fourth-order valence-electron chi connectivity index (χ4n) is 11.4. The van der Waals surface area contributed by atoms with Crippen molar-refractivity contribution in [3.05, 3.63) is 276 Å². The molecule has 1 saturated heterocycles. The van der Waals surface area contributed by atoms with E-state index in [0.29, 0.717) is 114 Å². The molecule has 0 aromatic heterocycles. The number of hydrogen-bond donors (Lipinski definition) is 6. The van der Waals surface area contributed by atoms with Crippen LogP contribution in [0, 0.1) is 0 Å². The molecule has 0 radical (unpaired) electrons. The van der Waals surface area contributed by atoms with Gasteiger partial charge in [-0.2, -0.15) is 0 Å². The number of carbonyl (C=O) groups excluding carboxylic acids is 5. The van der Waals surface area contributed by atoms with Crippen LogP contribution in [0.15, 0.2) is 212 Å². The van der Waals surface area contributed by atoms with Gasteiger partial charge in [0.05, 0.1) is 46.2 Å². The molecule has 10 aromatic rings. The lowest BCUT2D eigenvalue weighted by Crippen LogP contribution is -2.43. The van der Waals surface area contributed by atoms with Crippen molar-refractivity contribution in [2.45, 2.75) is 53.3 Å². The van der Waals surface area contributed by atoms with Gasteiger partial charge in [-0.3, -0.25) is 9.59 Å². The lowest BCUT2D eigenvalue weighted by atomic mass is 9.97. The lowest BCUT2D eigenvalue weighted by Gasteiger charge is -2.27. The van der Waals surface area contributed by atoms with Crippen LogP contribution in [0.1, 0.15) is 68.8 Å². The molecule has 1 heterocycles. The number of nitrogens with two attached hydrogens (primary N) is 1. The molecule has 578 valence electrons. The third-order valence-corrected chi connectivity index (χ3v) is 17.9. The van der Waals surface area contributed by atoms with Crippen LogP contribution in [0.2, 0.25) is 25.1 Å². The Morgan fingerprint density at radius 2 is 0.691 bits per heavy atom. The number of urea groups is 3. The molecule has 11 rings (SSSR count). The first-order chi connectivity index (χ1) is 53.1. The van der Waals surface area contributed by atoms with Crippen molar-refractivity contribution in [3.63, 3.8) is 0 Å². The van der Waals surface area contributed by atoms with Crippen molar-refractivity contribution in [1.82, 2.24) is 20.4 Å². The zero-order valence-electron chi connectivity index (χ0n) is 63.0. The lowest BCUT2D eigenvalue weighted by molar-refractivity contribution is 0.0564. The third-order valence-electron chi connectivity index (χ3n) is 16.7. The fraction of sp³-hybridized carbons (Fsp3) is 0.244. The zero-order chi connectivity index (χ0) is 79.5. The Kier molecular flexibility index (Phi) is 36.5. The summed E-state index contributed by atoms with van der Waals surface area (Å²) >= 11 is 29.7. The van der Waals surface area contributed by atoms with Gasteiger partial charge in [-0.25, -0.2) is 14.4 Å². The Morgan fingerprint density at radius 3 is 0.982 bits per heavy atom. The second-order valence-corrected chi connectivity index (χ2v) is 27.2. The maximum absolute atomic E-state index is 12.3. The number of morpholine rings is 1. The van der Waals surface area contributed by atoms with Crippen LogP contribution in [0.25, 0.3) is 55.6 Å². The minimum absolute atomic E-state index is 0.0538. The monoisotopic (exact) mass is 1590 g/mol. The number of anilines is 3. The van der Waals surface area contributed by atoms with Crippen molar-refractivity contribution in [1.29, 1.82) is 0 Å². The van der Waals surface area contributed by atoms with E-state index < -0.39 is 6.03 Å². The first-order valence-corrected chi connectivity index (χ1v) is 37.1. The average molecular weight is 1590 g/mol. The highest BCUT2D eigenvalue weighted by Gasteiger charge is 2.19. The molecule has 0 spiro atoms. The summed E-state index contributed by atoms with van der Waals surface area (Å²) in [6.07, 6.45) is 0.916. The number of nitrogens with one attached hydrogen (secondary N) is 5. The number of carbonyl (C=O) groups is 5. The molecule has 0 saturated carbocycles. The molecule has 19 nitrogen and oxygen atoms in total. The molecule has 0 aliphatic carbocycles. The molecule has 0 bridgehead atoms. The molecule has 1 aliphatic rings. The molecule has 24 heteroatoms. The van der Waals surface area contributed by atoms with Crippen LogP contribution >= 0.6 is 58.0 Å². The van der Waals surface area contributed by atoms with Crippen molar-refractivity contribution >= 4 is 105 Å². The number of primary amides is 1. The highest BCUT2D eigenvalue weighted by molar-refractivity contribution is 6.32. The Morgan fingerprint density at radius 1 is 0.400 bits per heavy atom. The van der Waals surface area contributed by atoms with E-state index in [1.54, 1.807) is 60.6 Å². The number of nitrogens with zero attached hydrogens (tertiary/aromatic N) is 2. The van der Waals surface area contributed by atoms with E-state index in [1.165, 1.54) is 4.90 Å². The van der Waals surface area contributed by atoms with Crippen LogP contribution < -0.4 is 32.3 Å². The molecule has 8 amide bonds. The summed E-state index contributed by atoms with van der Waals surface area (Å²) in [5, 5.41) is 17.5. The van der Waals surface area contributed by atoms with Gasteiger partial charge >= 0.3 is 18.1 Å². The molecule has 110 heavy (non-hydrogen) atoms. The Labute approximate surface area is 669 Å². The number of methoxy groups -OCH3 is 5. The Hall–Kier alpha value is -9.84. The number of ether oxygens (including phenoxy) is 6. The summed E-state index contributed by atoms with van der Waals surface area (Å²) in [6, 6.07) is 65.8. The largest absolute Gasteiger partial charge is 0.380 e. The molecule has 0 unspecified atom stereocenters. The van der Waals surface area contributed by atoms with E-state index in [-0.39, 0.29) is 23.9 Å². The van der Waals surface area contributed by atoms with E-state index in [1.807, 2.05) is 220 Å². The number of rotatable bonds is 23. The van der Waals surface area contributed by atoms with Crippen LogP contribution in [-0.2, 0) is 61.5 Å². The van der Waals surface area contributed by atoms with E-state index in [0.717, 1.165) is 101 Å². The number of amides is 8. The van der Waals surface area contributed by atoms with Gasteiger partial charge in [-0.1, -0.05) is 156 Å². The van der Waals surface area contributed by atoms with Gasteiger partial charge in [-0.05, 0) is 218 Å². The zero-order valence-corrected chi connectivity index (χ0v) is 66.8. The van der Waals surface area contributed by atoms with Crippen molar-refractivity contribution < 1.29 is 52.4 Å². The van der Waals surface area contributed by atoms with Crippen LogP contribution in [0.5, 0.6) is 0 Å². The first-order valence-electron chi connectivity index (χ1n) is 35.2. The van der Waals surface area contributed by atoms with Gasteiger partial charge in [0.15, 0.2) is 0 Å². The molecule has 1 aliphatic heterocycles. The Balaban J connectivity index is 0.000000192. The molecule has 1 fully saturated rings. The standard InChI is InChI=1S/C19H21ClN2O3.C18H20ClNO2.C17H19ClN2O2.C17H18ClNO2.C15H15ClN2O2/c1-24-13-15-12-17(21-19(23)22-8-10-25-11-9-22)6-7-18(15)14-2-4-16(20)5-3-14;1-3-10-20-18(21)14-6-9-17(15(11-14)12-22-2)13-4-7-16(19)8-5-13;1-20(2)17(21)19-15-8-9-16(13(10-15)11-22-3)12-4-6-14(18)7-5-12;1-3-19-17(20)13-6-9-16(14(10-13)11-21-2)12-4-7-15(18)8-5-12;1-20-9-11-8-13(18-15(17)19)6-7-14(11)10-2-4-12(16)5-3-10/h2-7,12H,8-11,13H2,1H3,(H,21,23);4-9,11H,3,10,12H2,1-2H3,(H,20,21);4-10H,11H2,1-3H3,(H,19,21);4-10H,3,11H2,1-2H3,(H,19,20);2-8H,9H2,1H3,(H3,17,18,19). The summed E-state index contributed by atoms with van der Waals surface area (Å²) < 4.78 is 31.6. The van der Waals surface area contributed by atoms with Crippen molar-refractivity contribution in [2.75, 3.05) is 105 Å². The maximum atomic E-state index is 12.3. The van der Waals surface area contributed by atoms with Gasteiger partial charge in [0.2, 0.25) is 0 Å². The van der Waals surface area contributed by atoms with E-state index >= 15 is 0 Å². The molecule has 0 atom stereocenters. The normalized spacial score (nSPS) is 11.3. The van der Waals surface area contributed by atoms with Crippen molar-refractivity contribution in [2.24, 2.45) is 5.73 Å². The summed E-state index contributed by atoms with van der Waals surface area (Å²) in [5.41, 5.74) is 23.9. The quantitative estimate of drug-likeness (QED) is 0.0352. The van der Waals surface area contributed by atoms with Gasteiger partial charge < -0.3 is 70.5 Å². The van der Waals surface area contributed by atoms with E-state index in [4.69, 9.17) is 92.2 Å². The van der Waals surface area contributed by atoms with E-state index in [9.17, 15) is 24.0 Å². The third kappa shape index (κ3) is 27.6. The van der Waals surface area contributed by atoms with Crippen LogP contribution in [-0.4, -0.2) is 129 Å². The van der Waals surface area contributed by atoms with E-state index in [2.05, 4.69) is 26.6 Å². The number of halogens is 5. The topological polar surface area (TPSA) is 233 Å². The minimum Gasteiger partial charge on any atom is -0.380 e. The first kappa shape index (κ1) is 87.4. The Bertz CT molecular complexity index is 4610. The molecule has 7 N–H and O–H groups in total. The summed E-state index contributed by atoms with van der Waals surface area (Å²) in [7, 11) is 11.6. The molecular weight excluding hydrogens is 1500 g/mol.